The lowest BCUT2D eigenvalue weighted by molar-refractivity contribution is 0.0949. The molecule has 4 N–H and O–H groups in total. The SMILES string of the molecule is Nc1nonc1-n1nnc(C(=O)NN=Cc2ccccc2)c1CNc1ccccc1. The van der Waals surface area contributed by atoms with Gasteiger partial charge in [-0.1, -0.05) is 53.7 Å². The number of nitrogens with two attached hydrogens (primary N) is 1. The number of benzene rings is 2. The first kappa shape index (κ1) is 18.8. The molecule has 0 aliphatic carbocycles. The third-order valence-electron chi connectivity index (χ3n) is 4.09. The zero-order valence-electron chi connectivity index (χ0n) is 15.6. The van der Waals surface area contributed by atoms with Gasteiger partial charge >= 0.3 is 0 Å². The molecule has 30 heavy (non-hydrogen) atoms. The minimum atomic E-state index is -0.534. The van der Waals surface area contributed by atoms with E-state index in [1.165, 1.54) is 10.9 Å². The Morgan fingerprint density at radius 3 is 2.53 bits per heavy atom. The summed E-state index contributed by atoms with van der Waals surface area (Å²) in [5.74, 6) is -0.373. The minimum absolute atomic E-state index is 0.0231. The molecule has 0 spiro atoms. The number of nitrogens with zero attached hydrogens (tertiary/aromatic N) is 6. The zero-order chi connectivity index (χ0) is 20.8. The van der Waals surface area contributed by atoms with Gasteiger partial charge in [0.15, 0.2) is 5.69 Å². The van der Waals surface area contributed by atoms with Crippen molar-refractivity contribution in [2.45, 2.75) is 6.54 Å². The van der Waals surface area contributed by atoms with E-state index in [1.807, 2.05) is 60.7 Å². The summed E-state index contributed by atoms with van der Waals surface area (Å²) in [6.07, 6.45) is 1.53. The molecule has 0 bridgehead atoms. The number of aromatic nitrogens is 5. The summed E-state index contributed by atoms with van der Waals surface area (Å²) in [5, 5.41) is 22.4. The lowest BCUT2D eigenvalue weighted by Gasteiger charge is -2.08. The van der Waals surface area contributed by atoms with Gasteiger partial charge in [-0.15, -0.1) is 5.10 Å². The number of amides is 1. The monoisotopic (exact) mass is 403 g/mol. The Labute approximate surface area is 170 Å². The van der Waals surface area contributed by atoms with Gasteiger partial charge in [0, 0.05) is 5.69 Å². The van der Waals surface area contributed by atoms with Gasteiger partial charge in [-0.25, -0.2) is 10.1 Å². The normalized spacial score (nSPS) is 10.9. The lowest BCUT2D eigenvalue weighted by Crippen LogP contribution is -2.21. The Kier molecular flexibility index (Phi) is 5.42. The quantitative estimate of drug-likeness (QED) is 0.311. The van der Waals surface area contributed by atoms with E-state index in [9.17, 15) is 4.79 Å². The molecule has 0 saturated heterocycles. The fraction of sp³-hybridized carbons (Fsp3) is 0.0526. The Balaban J connectivity index is 1.58. The van der Waals surface area contributed by atoms with Crippen molar-refractivity contribution in [3.05, 3.63) is 77.6 Å². The van der Waals surface area contributed by atoms with Crippen LogP contribution in [0.3, 0.4) is 0 Å². The van der Waals surface area contributed by atoms with Crippen LogP contribution in [0.5, 0.6) is 0 Å². The molecule has 150 valence electrons. The molecule has 2 aromatic heterocycles. The number of carbonyl (C=O) groups excluding carboxylic acids is 1. The van der Waals surface area contributed by atoms with Crippen molar-refractivity contribution in [2.75, 3.05) is 11.1 Å². The number of rotatable bonds is 7. The van der Waals surface area contributed by atoms with Crippen LogP contribution in [0.25, 0.3) is 5.82 Å². The maximum Gasteiger partial charge on any atom is 0.293 e. The summed E-state index contributed by atoms with van der Waals surface area (Å²) in [7, 11) is 0. The predicted octanol–water partition coefficient (Wildman–Crippen LogP) is 1.61. The highest BCUT2D eigenvalue weighted by Crippen LogP contribution is 2.17. The number of hydrogen-bond donors (Lipinski definition) is 3. The predicted molar refractivity (Wildman–Crippen MR) is 109 cm³/mol. The van der Waals surface area contributed by atoms with E-state index < -0.39 is 5.91 Å². The number of nitrogens with one attached hydrogen (secondary N) is 2. The van der Waals surface area contributed by atoms with Gasteiger partial charge in [-0.3, -0.25) is 4.79 Å². The van der Waals surface area contributed by atoms with Crippen LogP contribution in [0.4, 0.5) is 11.5 Å². The van der Waals surface area contributed by atoms with Crippen LogP contribution < -0.4 is 16.5 Å². The van der Waals surface area contributed by atoms with Crippen LogP contribution >= 0.6 is 0 Å². The van der Waals surface area contributed by atoms with Gasteiger partial charge in [0.1, 0.15) is 0 Å². The number of hydrogen-bond acceptors (Lipinski definition) is 9. The fourth-order valence-corrected chi connectivity index (χ4v) is 2.64. The molecule has 0 fully saturated rings. The summed E-state index contributed by atoms with van der Waals surface area (Å²) >= 11 is 0. The topological polar surface area (TPSA) is 149 Å². The lowest BCUT2D eigenvalue weighted by atomic mass is 10.2. The van der Waals surface area contributed by atoms with Crippen molar-refractivity contribution in [1.29, 1.82) is 0 Å². The van der Waals surface area contributed by atoms with Gasteiger partial charge < -0.3 is 11.1 Å². The summed E-state index contributed by atoms with van der Waals surface area (Å²) in [4.78, 5) is 12.7. The van der Waals surface area contributed by atoms with Crippen molar-refractivity contribution in [2.24, 2.45) is 5.10 Å². The highest BCUT2D eigenvalue weighted by atomic mass is 16.6. The van der Waals surface area contributed by atoms with Crippen LogP contribution in [0.2, 0.25) is 0 Å². The number of nitrogen functional groups attached to an aromatic ring is 1. The first-order valence-electron chi connectivity index (χ1n) is 8.92. The first-order chi connectivity index (χ1) is 14.7. The van der Waals surface area contributed by atoms with Gasteiger partial charge in [0.25, 0.3) is 5.91 Å². The van der Waals surface area contributed by atoms with E-state index in [1.54, 1.807) is 0 Å². The van der Waals surface area contributed by atoms with Crippen LogP contribution in [0.1, 0.15) is 21.7 Å². The van der Waals surface area contributed by atoms with Crippen LogP contribution in [0.15, 0.2) is 70.4 Å². The molecule has 0 unspecified atom stereocenters. The average molecular weight is 403 g/mol. The van der Waals surface area contributed by atoms with E-state index in [0.29, 0.717) is 5.69 Å². The van der Waals surface area contributed by atoms with Crippen LogP contribution in [-0.2, 0) is 6.54 Å². The highest BCUT2D eigenvalue weighted by Gasteiger charge is 2.23. The molecule has 0 atom stereocenters. The van der Waals surface area contributed by atoms with Gasteiger partial charge in [0.05, 0.1) is 18.5 Å². The van der Waals surface area contributed by atoms with E-state index in [-0.39, 0.29) is 23.9 Å². The van der Waals surface area contributed by atoms with E-state index in [4.69, 9.17) is 5.73 Å². The first-order valence-corrected chi connectivity index (χ1v) is 8.92. The second-order valence-corrected chi connectivity index (χ2v) is 6.10. The molecule has 4 rings (SSSR count). The average Bonchev–Trinajstić information content (AvgIpc) is 3.39. The van der Waals surface area contributed by atoms with Crippen molar-refractivity contribution < 1.29 is 9.42 Å². The molecule has 2 heterocycles. The number of hydrazone groups is 1. The van der Waals surface area contributed by atoms with E-state index in [0.717, 1.165) is 11.3 Å². The molecular formula is C19H17N9O2. The Morgan fingerprint density at radius 2 is 1.83 bits per heavy atom. The Bertz CT molecular complexity index is 1150. The third-order valence-corrected chi connectivity index (χ3v) is 4.09. The Hall–Kier alpha value is -4.54. The number of para-hydroxylation sites is 1. The summed E-state index contributed by atoms with van der Waals surface area (Å²) < 4.78 is 5.95. The summed E-state index contributed by atoms with van der Waals surface area (Å²) in [6, 6.07) is 18.8. The third kappa shape index (κ3) is 4.14. The molecule has 0 saturated carbocycles. The molecule has 0 radical (unpaired) electrons. The van der Waals surface area contributed by atoms with Crippen LogP contribution in [-0.4, -0.2) is 37.4 Å². The molecular weight excluding hydrogens is 386 g/mol. The maximum atomic E-state index is 12.7. The van der Waals surface area contributed by atoms with Crippen molar-refractivity contribution in [3.8, 4) is 5.82 Å². The summed E-state index contributed by atoms with van der Waals surface area (Å²) in [5.41, 5.74) is 10.4. The smallest absolute Gasteiger partial charge is 0.293 e. The second kappa shape index (κ2) is 8.65. The summed E-state index contributed by atoms with van der Waals surface area (Å²) in [6.45, 7) is 0.217. The molecule has 0 aliphatic rings. The van der Waals surface area contributed by atoms with Crippen molar-refractivity contribution in [1.82, 2.24) is 30.7 Å². The molecule has 4 aromatic rings. The van der Waals surface area contributed by atoms with Gasteiger partial charge in [0.2, 0.25) is 11.6 Å². The highest BCUT2D eigenvalue weighted by molar-refractivity contribution is 5.94. The van der Waals surface area contributed by atoms with E-state index >= 15 is 0 Å². The van der Waals surface area contributed by atoms with Crippen molar-refractivity contribution >= 4 is 23.6 Å². The molecule has 1 amide bonds. The minimum Gasteiger partial charge on any atom is -0.379 e. The Morgan fingerprint density at radius 1 is 1.10 bits per heavy atom. The number of carbonyl (C=O) groups is 1. The van der Waals surface area contributed by atoms with Crippen LogP contribution in [0, 0.1) is 0 Å². The number of anilines is 2. The molecule has 2 aromatic carbocycles. The standard InChI is InChI=1S/C19H17N9O2/c20-17-18(26-30-25-17)28-15(12-21-14-9-5-2-6-10-14)16(23-27-28)19(29)24-22-11-13-7-3-1-4-8-13/h1-11,21H,12H2,(H2,20,25)(H,24,29). The van der Waals surface area contributed by atoms with Gasteiger partial charge in [-0.2, -0.15) is 9.78 Å². The molecule has 0 aliphatic heterocycles. The maximum absolute atomic E-state index is 12.7. The largest absolute Gasteiger partial charge is 0.379 e. The second-order valence-electron chi connectivity index (χ2n) is 6.10. The molecule has 11 nitrogen and oxygen atoms in total. The van der Waals surface area contributed by atoms with Gasteiger partial charge in [-0.05, 0) is 28.0 Å². The zero-order valence-corrected chi connectivity index (χ0v) is 15.6. The molecule has 11 heteroatoms. The van der Waals surface area contributed by atoms with Crippen molar-refractivity contribution in [3.63, 3.8) is 0 Å². The fourth-order valence-electron chi connectivity index (χ4n) is 2.64. The van der Waals surface area contributed by atoms with E-state index in [2.05, 4.69) is 41.1 Å².